The smallest absolute Gasteiger partial charge is 0.394 e. The van der Waals surface area contributed by atoms with Gasteiger partial charge in [0.25, 0.3) is 0 Å². The van der Waals surface area contributed by atoms with Gasteiger partial charge in [-0.05, 0) is 24.1 Å². The van der Waals surface area contributed by atoms with Gasteiger partial charge in [-0.15, -0.1) is 0 Å². The quantitative estimate of drug-likeness (QED) is 0.798. The van der Waals surface area contributed by atoms with Crippen LogP contribution in [0.4, 0.5) is 23.7 Å². The summed E-state index contributed by atoms with van der Waals surface area (Å²) in [5, 5.41) is 13.9. The van der Waals surface area contributed by atoms with E-state index in [4.69, 9.17) is 5.11 Å². The molecule has 0 unspecified atom stereocenters. The molecule has 4 nitrogen and oxygen atoms in total. The fraction of sp³-hybridized carbons (Fsp3) is 0.462. The van der Waals surface area contributed by atoms with Crippen molar-refractivity contribution in [3.63, 3.8) is 0 Å². The highest BCUT2D eigenvalue weighted by molar-refractivity contribution is 5.89. The molecule has 1 aromatic rings. The van der Waals surface area contributed by atoms with Crippen LogP contribution in [0.25, 0.3) is 0 Å². The summed E-state index contributed by atoms with van der Waals surface area (Å²) in [5.74, 6) is 0.00672. The molecule has 0 aliphatic carbocycles. The van der Waals surface area contributed by atoms with Crippen LogP contribution in [0.15, 0.2) is 24.3 Å². The molecule has 1 rings (SSSR count). The van der Waals surface area contributed by atoms with Crippen molar-refractivity contribution in [2.24, 2.45) is 5.92 Å². The maximum Gasteiger partial charge on any atom is 0.416 e. The summed E-state index contributed by atoms with van der Waals surface area (Å²) >= 11 is 0. The Labute approximate surface area is 115 Å². The molecule has 2 amide bonds. The Bertz CT molecular complexity index is 461. The van der Waals surface area contributed by atoms with Crippen LogP contribution in [0.5, 0.6) is 0 Å². The molecule has 0 aliphatic heterocycles. The van der Waals surface area contributed by atoms with E-state index in [2.05, 4.69) is 10.6 Å². The monoisotopic (exact) mass is 290 g/mol. The Morgan fingerprint density at radius 3 is 2.50 bits per heavy atom. The highest BCUT2D eigenvalue weighted by atomic mass is 19.4. The molecule has 0 saturated carbocycles. The summed E-state index contributed by atoms with van der Waals surface area (Å²) in [4.78, 5) is 11.6. The van der Waals surface area contributed by atoms with E-state index in [-0.39, 0.29) is 18.2 Å². The van der Waals surface area contributed by atoms with Gasteiger partial charge in [0.05, 0.1) is 18.2 Å². The molecule has 112 valence electrons. The summed E-state index contributed by atoms with van der Waals surface area (Å²) in [7, 11) is 0. The van der Waals surface area contributed by atoms with E-state index in [1.807, 2.05) is 13.8 Å². The van der Waals surface area contributed by atoms with Crippen LogP contribution in [0.1, 0.15) is 19.4 Å². The summed E-state index contributed by atoms with van der Waals surface area (Å²) in [6.45, 7) is 3.38. The lowest BCUT2D eigenvalue weighted by Crippen LogP contribution is -2.43. The molecule has 0 fully saturated rings. The molecule has 0 radical (unpaired) electrons. The molecular formula is C13H17F3N2O2. The number of hydrogen-bond donors (Lipinski definition) is 3. The number of rotatable bonds is 4. The van der Waals surface area contributed by atoms with E-state index in [1.54, 1.807) is 0 Å². The highest BCUT2D eigenvalue weighted by Gasteiger charge is 2.30. The van der Waals surface area contributed by atoms with Gasteiger partial charge in [0, 0.05) is 5.69 Å². The average Bonchev–Trinajstić information content (AvgIpc) is 2.34. The first-order valence-electron chi connectivity index (χ1n) is 6.09. The van der Waals surface area contributed by atoms with Crippen LogP contribution in [0.2, 0.25) is 0 Å². The van der Waals surface area contributed by atoms with E-state index in [9.17, 15) is 18.0 Å². The molecule has 0 heterocycles. The van der Waals surface area contributed by atoms with Crippen LogP contribution in [0.3, 0.4) is 0 Å². The van der Waals surface area contributed by atoms with Crippen LogP contribution in [0, 0.1) is 5.92 Å². The third kappa shape index (κ3) is 4.73. The highest BCUT2D eigenvalue weighted by Crippen LogP contribution is 2.30. The summed E-state index contributed by atoms with van der Waals surface area (Å²) in [6.07, 6.45) is -4.46. The largest absolute Gasteiger partial charge is 0.416 e. The van der Waals surface area contributed by atoms with Gasteiger partial charge in [-0.1, -0.05) is 19.9 Å². The number of aliphatic hydroxyl groups excluding tert-OH is 1. The van der Waals surface area contributed by atoms with Gasteiger partial charge in [-0.3, -0.25) is 0 Å². The third-order valence-electron chi connectivity index (χ3n) is 2.77. The Kier molecular flexibility index (Phi) is 5.38. The second-order valence-corrected chi connectivity index (χ2v) is 4.71. The predicted molar refractivity (Wildman–Crippen MR) is 69.3 cm³/mol. The lowest BCUT2D eigenvalue weighted by atomic mass is 10.1. The predicted octanol–water partition coefficient (Wildman–Crippen LogP) is 2.84. The summed E-state index contributed by atoms with van der Waals surface area (Å²) in [6, 6.07) is 3.23. The van der Waals surface area contributed by atoms with Crippen LogP contribution >= 0.6 is 0 Å². The van der Waals surface area contributed by atoms with Crippen molar-refractivity contribution in [1.82, 2.24) is 5.32 Å². The number of aliphatic hydroxyl groups is 1. The third-order valence-corrected chi connectivity index (χ3v) is 2.77. The molecule has 3 N–H and O–H groups in total. The lowest BCUT2D eigenvalue weighted by molar-refractivity contribution is -0.137. The number of amides is 2. The van der Waals surface area contributed by atoms with Gasteiger partial charge in [-0.2, -0.15) is 13.2 Å². The topological polar surface area (TPSA) is 61.4 Å². The van der Waals surface area contributed by atoms with Crippen molar-refractivity contribution in [1.29, 1.82) is 0 Å². The van der Waals surface area contributed by atoms with Crippen molar-refractivity contribution in [2.45, 2.75) is 26.1 Å². The van der Waals surface area contributed by atoms with Crippen molar-refractivity contribution in [3.05, 3.63) is 29.8 Å². The second kappa shape index (κ2) is 6.60. The standard InChI is InChI=1S/C13H17F3N2O2/c1-8(2)11(7-19)18-12(20)17-10-5-3-4-9(6-10)13(14,15)16/h3-6,8,11,19H,7H2,1-2H3,(H2,17,18,20)/t11-/m1/s1. The van der Waals surface area contributed by atoms with E-state index >= 15 is 0 Å². The van der Waals surface area contributed by atoms with Gasteiger partial charge in [0.1, 0.15) is 0 Å². The minimum Gasteiger partial charge on any atom is -0.394 e. The summed E-state index contributed by atoms with van der Waals surface area (Å²) in [5.41, 5.74) is -0.796. The van der Waals surface area contributed by atoms with Gasteiger partial charge < -0.3 is 15.7 Å². The number of carbonyl (C=O) groups is 1. The number of halogens is 3. The maximum atomic E-state index is 12.5. The van der Waals surface area contributed by atoms with Crippen molar-refractivity contribution >= 4 is 11.7 Å². The Hall–Kier alpha value is -1.76. The summed E-state index contributed by atoms with van der Waals surface area (Å²) < 4.78 is 37.5. The Morgan fingerprint density at radius 1 is 1.35 bits per heavy atom. The van der Waals surface area contributed by atoms with E-state index in [0.717, 1.165) is 12.1 Å². The zero-order valence-electron chi connectivity index (χ0n) is 11.2. The zero-order valence-corrected chi connectivity index (χ0v) is 11.2. The number of anilines is 1. The molecule has 20 heavy (non-hydrogen) atoms. The van der Waals surface area contributed by atoms with Crippen molar-refractivity contribution in [2.75, 3.05) is 11.9 Å². The Balaban J connectivity index is 2.71. The molecule has 0 saturated heterocycles. The normalized spacial score (nSPS) is 13.2. The van der Waals surface area contributed by atoms with Crippen LogP contribution < -0.4 is 10.6 Å². The van der Waals surface area contributed by atoms with E-state index in [0.29, 0.717) is 0 Å². The Morgan fingerprint density at radius 2 is 2.00 bits per heavy atom. The lowest BCUT2D eigenvalue weighted by Gasteiger charge is -2.20. The van der Waals surface area contributed by atoms with Crippen molar-refractivity contribution in [3.8, 4) is 0 Å². The number of nitrogens with one attached hydrogen (secondary N) is 2. The molecule has 1 aromatic carbocycles. The minimum absolute atomic E-state index is 0.00672. The minimum atomic E-state index is -4.46. The fourth-order valence-corrected chi connectivity index (χ4v) is 1.53. The SMILES string of the molecule is CC(C)[C@@H](CO)NC(=O)Nc1cccc(C(F)(F)F)c1. The van der Waals surface area contributed by atoms with Gasteiger partial charge in [-0.25, -0.2) is 4.79 Å². The first-order valence-corrected chi connectivity index (χ1v) is 6.09. The first-order chi connectivity index (χ1) is 9.24. The second-order valence-electron chi connectivity index (χ2n) is 4.71. The molecule has 0 bridgehead atoms. The number of urea groups is 1. The number of hydrogen-bond acceptors (Lipinski definition) is 2. The molecule has 1 atom stereocenters. The van der Waals surface area contributed by atoms with E-state index < -0.39 is 23.8 Å². The van der Waals surface area contributed by atoms with Gasteiger partial charge in [0.15, 0.2) is 0 Å². The molecule has 0 aromatic heterocycles. The first kappa shape index (κ1) is 16.3. The maximum absolute atomic E-state index is 12.5. The molecule has 7 heteroatoms. The zero-order chi connectivity index (χ0) is 15.3. The fourth-order valence-electron chi connectivity index (χ4n) is 1.53. The van der Waals surface area contributed by atoms with Crippen LogP contribution in [-0.2, 0) is 6.18 Å². The average molecular weight is 290 g/mol. The van der Waals surface area contributed by atoms with Gasteiger partial charge >= 0.3 is 12.2 Å². The van der Waals surface area contributed by atoms with E-state index in [1.165, 1.54) is 12.1 Å². The van der Waals surface area contributed by atoms with Gasteiger partial charge in [0.2, 0.25) is 0 Å². The van der Waals surface area contributed by atoms with Crippen LogP contribution in [-0.4, -0.2) is 23.8 Å². The molecular weight excluding hydrogens is 273 g/mol. The number of carbonyl (C=O) groups excluding carboxylic acids is 1. The molecule has 0 spiro atoms. The number of alkyl halides is 3. The molecule has 0 aliphatic rings. The van der Waals surface area contributed by atoms with Crippen molar-refractivity contribution < 1.29 is 23.1 Å². The number of benzene rings is 1.